The molecule has 2 atom stereocenters. The van der Waals surface area contributed by atoms with Gasteiger partial charge in [0.15, 0.2) is 0 Å². The number of hydrogen-bond acceptors (Lipinski definition) is 5. The molecule has 21 heavy (non-hydrogen) atoms. The summed E-state index contributed by atoms with van der Waals surface area (Å²) in [5.41, 5.74) is 0. The number of unbranched alkanes of at least 4 members (excludes halogenated alkanes) is 1. The van der Waals surface area contributed by atoms with Crippen LogP contribution in [0.2, 0.25) is 0 Å². The van der Waals surface area contributed by atoms with Crippen LogP contribution in [0.5, 0.6) is 0 Å². The van der Waals surface area contributed by atoms with Gasteiger partial charge in [0, 0.05) is 6.61 Å². The first-order valence-electron chi connectivity index (χ1n) is 7.22. The van der Waals surface area contributed by atoms with Gasteiger partial charge in [0.25, 0.3) is 5.91 Å². The Morgan fingerprint density at radius 2 is 2.43 bits per heavy atom. The quantitative estimate of drug-likeness (QED) is 0.807. The lowest BCUT2D eigenvalue weighted by Gasteiger charge is -2.13. The number of carbonyl (C=O) groups is 2. The SMILES string of the molecule is CCCC[C@H](NC(=O)c1cnc(C2CCCO2)s1)C(=O)O. The Hall–Kier alpha value is -1.47. The molecule has 1 fully saturated rings. The van der Waals surface area contributed by atoms with Crippen LogP contribution in [0.25, 0.3) is 0 Å². The van der Waals surface area contributed by atoms with Gasteiger partial charge >= 0.3 is 5.97 Å². The molecule has 1 amide bonds. The Bertz CT molecular complexity index is 497. The van der Waals surface area contributed by atoms with Crippen molar-refractivity contribution in [3.8, 4) is 0 Å². The van der Waals surface area contributed by atoms with Crippen LogP contribution in [0.4, 0.5) is 0 Å². The average molecular weight is 312 g/mol. The van der Waals surface area contributed by atoms with Crippen molar-refractivity contribution in [2.24, 2.45) is 0 Å². The Morgan fingerprint density at radius 3 is 3.05 bits per heavy atom. The highest BCUT2D eigenvalue weighted by Crippen LogP contribution is 2.31. The summed E-state index contributed by atoms with van der Waals surface area (Å²) in [6.07, 6.45) is 5.49. The van der Waals surface area contributed by atoms with Crippen LogP contribution in [0, 0.1) is 0 Å². The number of carbonyl (C=O) groups excluding carboxylic acids is 1. The number of hydrogen-bond donors (Lipinski definition) is 2. The average Bonchev–Trinajstić information content (AvgIpc) is 3.12. The van der Waals surface area contributed by atoms with Crippen molar-refractivity contribution in [3.63, 3.8) is 0 Å². The predicted molar refractivity (Wildman–Crippen MR) is 78.5 cm³/mol. The van der Waals surface area contributed by atoms with E-state index in [1.54, 1.807) is 0 Å². The molecule has 0 radical (unpaired) electrons. The number of nitrogens with one attached hydrogen (secondary N) is 1. The highest BCUT2D eigenvalue weighted by Gasteiger charge is 2.24. The molecule has 1 aliphatic rings. The van der Waals surface area contributed by atoms with Crippen molar-refractivity contribution in [2.45, 2.75) is 51.2 Å². The van der Waals surface area contributed by atoms with E-state index in [0.29, 0.717) is 11.3 Å². The summed E-state index contributed by atoms with van der Waals surface area (Å²) in [6.45, 7) is 2.71. The summed E-state index contributed by atoms with van der Waals surface area (Å²) in [5, 5.41) is 12.5. The largest absolute Gasteiger partial charge is 0.480 e. The highest BCUT2D eigenvalue weighted by molar-refractivity contribution is 7.13. The first kappa shape index (κ1) is 15.9. The molecule has 2 rings (SSSR count). The number of nitrogens with zero attached hydrogens (tertiary/aromatic N) is 1. The molecule has 6 nitrogen and oxygen atoms in total. The van der Waals surface area contributed by atoms with Crippen molar-refractivity contribution in [3.05, 3.63) is 16.1 Å². The van der Waals surface area contributed by atoms with Crippen molar-refractivity contribution in [1.82, 2.24) is 10.3 Å². The third-order valence-corrected chi connectivity index (χ3v) is 4.49. The van der Waals surface area contributed by atoms with Gasteiger partial charge in [0.2, 0.25) is 0 Å². The Morgan fingerprint density at radius 1 is 1.62 bits per heavy atom. The molecule has 0 bridgehead atoms. The molecule has 1 saturated heterocycles. The maximum Gasteiger partial charge on any atom is 0.326 e. The minimum Gasteiger partial charge on any atom is -0.480 e. The molecule has 1 aromatic heterocycles. The number of thiazole rings is 1. The predicted octanol–water partition coefficient (Wildman–Crippen LogP) is 2.37. The van der Waals surface area contributed by atoms with Crippen LogP contribution in [-0.4, -0.2) is 34.6 Å². The number of amides is 1. The van der Waals surface area contributed by atoms with E-state index in [1.165, 1.54) is 17.5 Å². The molecule has 0 aromatic carbocycles. The maximum absolute atomic E-state index is 12.1. The van der Waals surface area contributed by atoms with Crippen molar-refractivity contribution in [2.75, 3.05) is 6.61 Å². The van der Waals surface area contributed by atoms with Gasteiger partial charge in [0.1, 0.15) is 22.0 Å². The monoisotopic (exact) mass is 312 g/mol. The Balaban J connectivity index is 1.96. The first-order valence-corrected chi connectivity index (χ1v) is 8.04. The minimum absolute atomic E-state index is 0.0214. The molecule has 0 spiro atoms. The number of rotatable bonds is 7. The van der Waals surface area contributed by atoms with E-state index < -0.39 is 12.0 Å². The van der Waals surface area contributed by atoms with Crippen molar-refractivity contribution in [1.29, 1.82) is 0 Å². The van der Waals surface area contributed by atoms with Crippen LogP contribution < -0.4 is 5.32 Å². The summed E-state index contributed by atoms with van der Waals surface area (Å²) in [4.78, 5) is 27.9. The molecular weight excluding hydrogens is 292 g/mol. The smallest absolute Gasteiger partial charge is 0.326 e. The van der Waals surface area contributed by atoms with Crippen LogP contribution in [-0.2, 0) is 9.53 Å². The number of aromatic nitrogens is 1. The standard InChI is InChI=1S/C14H20N2O4S/c1-2-3-5-9(14(18)19)16-12(17)11-8-15-13(21-11)10-6-4-7-20-10/h8-10H,2-7H2,1H3,(H,16,17)(H,18,19)/t9-,10?/m0/s1. The van der Waals surface area contributed by atoms with E-state index >= 15 is 0 Å². The molecule has 2 heterocycles. The van der Waals surface area contributed by atoms with Gasteiger partial charge in [-0.15, -0.1) is 11.3 Å². The molecule has 2 N–H and O–H groups in total. The second-order valence-electron chi connectivity index (χ2n) is 5.07. The van der Waals surface area contributed by atoms with Crippen LogP contribution in [0.15, 0.2) is 6.20 Å². The Labute approximate surface area is 127 Å². The normalized spacial score (nSPS) is 19.4. The second-order valence-corrected chi connectivity index (χ2v) is 6.13. The molecule has 7 heteroatoms. The third-order valence-electron chi connectivity index (χ3n) is 3.40. The topological polar surface area (TPSA) is 88.5 Å². The third kappa shape index (κ3) is 4.25. The van der Waals surface area contributed by atoms with E-state index in [4.69, 9.17) is 9.84 Å². The van der Waals surface area contributed by atoms with Gasteiger partial charge in [-0.2, -0.15) is 0 Å². The van der Waals surface area contributed by atoms with E-state index in [9.17, 15) is 9.59 Å². The van der Waals surface area contributed by atoms with Gasteiger partial charge in [-0.05, 0) is 19.3 Å². The van der Waals surface area contributed by atoms with Gasteiger partial charge in [0.05, 0.1) is 6.20 Å². The number of ether oxygens (including phenoxy) is 1. The number of carboxylic acids is 1. The molecule has 0 aliphatic carbocycles. The van der Waals surface area contributed by atoms with E-state index in [-0.39, 0.29) is 12.0 Å². The molecule has 1 aliphatic heterocycles. The Kier molecular flexibility index (Phi) is 5.69. The van der Waals surface area contributed by atoms with Gasteiger partial charge in [-0.1, -0.05) is 19.8 Å². The lowest BCUT2D eigenvalue weighted by molar-refractivity contribution is -0.139. The van der Waals surface area contributed by atoms with Crippen molar-refractivity contribution < 1.29 is 19.4 Å². The molecule has 1 unspecified atom stereocenters. The number of aliphatic carboxylic acids is 1. The fraction of sp³-hybridized carbons (Fsp3) is 0.643. The summed E-state index contributed by atoms with van der Waals surface area (Å²) >= 11 is 1.27. The van der Waals surface area contributed by atoms with Crippen molar-refractivity contribution >= 4 is 23.2 Å². The lowest BCUT2D eigenvalue weighted by Crippen LogP contribution is -2.40. The highest BCUT2D eigenvalue weighted by atomic mass is 32.1. The van der Waals surface area contributed by atoms with E-state index in [0.717, 1.165) is 37.3 Å². The van der Waals surface area contributed by atoms with E-state index in [2.05, 4.69) is 10.3 Å². The van der Waals surface area contributed by atoms with Gasteiger partial charge in [-0.3, -0.25) is 4.79 Å². The van der Waals surface area contributed by atoms with Gasteiger partial charge in [-0.25, -0.2) is 9.78 Å². The molecule has 116 valence electrons. The summed E-state index contributed by atoms with van der Waals surface area (Å²) in [6, 6.07) is -0.842. The number of carboxylic acid groups (broad SMARTS) is 1. The lowest BCUT2D eigenvalue weighted by atomic mass is 10.1. The minimum atomic E-state index is -0.999. The summed E-state index contributed by atoms with van der Waals surface area (Å²) in [5.74, 6) is -1.37. The summed E-state index contributed by atoms with van der Waals surface area (Å²) in [7, 11) is 0. The van der Waals surface area contributed by atoms with Crippen LogP contribution in [0.1, 0.15) is 59.8 Å². The fourth-order valence-electron chi connectivity index (χ4n) is 2.21. The zero-order chi connectivity index (χ0) is 15.2. The second kappa shape index (κ2) is 7.51. The zero-order valence-corrected chi connectivity index (χ0v) is 12.8. The summed E-state index contributed by atoms with van der Waals surface area (Å²) < 4.78 is 5.53. The first-order chi connectivity index (χ1) is 10.1. The van der Waals surface area contributed by atoms with Crippen LogP contribution >= 0.6 is 11.3 Å². The fourth-order valence-corrected chi connectivity index (χ4v) is 3.11. The van der Waals surface area contributed by atoms with E-state index in [1.807, 2.05) is 6.92 Å². The molecule has 1 aromatic rings. The molecule has 0 saturated carbocycles. The zero-order valence-electron chi connectivity index (χ0n) is 12.0. The maximum atomic E-state index is 12.1. The van der Waals surface area contributed by atoms with Crippen LogP contribution in [0.3, 0.4) is 0 Å². The molecular formula is C14H20N2O4S. The van der Waals surface area contributed by atoms with Gasteiger partial charge < -0.3 is 15.2 Å².